The van der Waals surface area contributed by atoms with Gasteiger partial charge in [0.2, 0.25) is 0 Å². The summed E-state index contributed by atoms with van der Waals surface area (Å²) in [6.07, 6.45) is 4.15. The number of fused-ring (bicyclic) bond motifs is 1. The number of benzene rings is 2. The van der Waals surface area contributed by atoms with E-state index in [1.807, 2.05) is 26.2 Å². The van der Waals surface area contributed by atoms with Gasteiger partial charge in [0.1, 0.15) is 17.4 Å². The van der Waals surface area contributed by atoms with Gasteiger partial charge in [-0.1, -0.05) is 0 Å². The van der Waals surface area contributed by atoms with Gasteiger partial charge >= 0.3 is 0 Å². The van der Waals surface area contributed by atoms with Crippen molar-refractivity contribution in [2.75, 3.05) is 34.3 Å². The molecule has 1 amide bonds. The topological polar surface area (TPSA) is 59.4 Å². The van der Waals surface area contributed by atoms with Crippen molar-refractivity contribution in [3.8, 4) is 17.1 Å². The number of methoxy groups -OCH3 is 1. The maximum Gasteiger partial charge on any atom is 0.251 e. The summed E-state index contributed by atoms with van der Waals surface area (Å²) in [6, 6.07) is 10.5. The first-order chi connectivity index (χ1) is 15.0. The molecular weight excluding hydrogens is 395 g/mol. The molecule has 0 saturated heterocycles. The minimum Gasteiger partial charge on any atom is -0.497 e. The standard InChI is InChI=1S/C24H29FN4O2/c1-28(2)11-5-10-26-24(30)16-8-9-21-22(14-16)29(19-6-4-7-19)23(27-21)17-12-18(25)15-20(13-17)31-3/h8-9,12-15,19H,4-7,10-11H2,1-3H3,(H,26,30). The second kappa shape index (κ2) is 9.06. The fourth-order valence-corrected chi connectivity index (χ4v) is 3.96. The summed E-state index contributed by atoms with van der Waals surface area (Å²) in [6.45, 7) is 1.56. The predicted octanol–water partition coefficient (Wildman–Crippen LogP) is 4.26. The Kier molecular flexibility index (Phi) is 6.23. The largest absolute Gasteiger partial charge is 0.497 e. The zero-order chi connectivity index (χ0) is 22.0. The number of carbonyl (C=O) groups excluding carboxylic acids is 1. The van der Waals surface area contributed by atoms with Crippen LogP contribution in [0.15, 0.2) is 36.4 Å². The van der Waals surface area contributed by atoms with Crippen LogP contribution >= 0.6 is 0 Å². The summed E-state index contributed by atoms with van der Waals surface area (Å²) >= 11 is 0. The smallest absolute Gasteiger partial charge is 0.251 e. The molecule has 4 rings (SSSR count). The predicted molar refractivity (Wildman–Crippen MR) is 120 cm³/mol. The monoisotopic (exact) mass is 424 g/mol. The van der Waals surface area contributed by atoms with E-state index < -0.39 is 0 Å². The van der Waals surface area contributed by atoms with Gasteiger partial charge in [-0.3, -0.25) is 4.79 Å². The van der Waals surface area contributed by atoms with Crippen LogP contribution < -0.4 is 10.1 Å². The molecule has 2 aromatic carbocycles. The first kappa shape index (κ1) is 21.3. The number of hydrogen-bond donors (Lipinski definition) is 1. The molecule has 0 unspecified atom stereocenters. The average Bonchev–Trinajstić information content (AvgIpc) is 3.07. The molecule has 0 atom stereocenters. The number of halogens is 1. The number of rotatable bonds is 8. The van der Waals surface area contributed by atoms with Gasteiger partial charge in [0, 0.05) is 29.8 Å². The van der Waals surface area contributed by atoms with Gasteiger partial charge < -0.3 is 19.5 Å². The van der Waals surface area contributed by atoms with Crippen molar-refractivity contribution in [2.24, 2.45) is 0 Å². The van der Waals surface area contributed by atoms with Gasteiger partial charge in [0.15, 0.2) is 0 Å². The van der Waals surface area contributed by atoms with Gasteiger partial charge in [-0.25, -0.2) is 9.37 Å². The summed E-state index contributed by atoms with van der Waals surface area (Å²) in [5.41, 5.74) is 2.99. The fraction of sp³-hybridized carbons (Fsp3) is 0.417. The molecule has 0 aliphatic heterocycles. The van der Waals surface area contributed by atoms with E-state index in [1.54, 1.807) is 12.1 Å². The Morgan fingerprint density at radius 2 is 2.06 bits per heavy atom. The van der Waals surface area contributed by atoms with Crippen molar-refractivity contribution < 1.29 is 13.9 Å². The van der Waals surface area contributed by atoms with Crippen molar-refractivity contribution in [1.82, 2.24) is 19.8 Å². The Morgan fingerprint density at radius 3 is 2.74 bits per heavy atom. The minimum absolute atomic E-state index is 0.0870. The second-order valence-electron chi connectivity index (χ2n) is 8.39. The van der Waals surface area contributed by atoms with Gasteiger partial charge in [0.25, 0.3) is 5.91 Å². The number of aromatic nitrogens is 2. The van der Waals surface area contributed by atoms with Crippen LogP contribution in [-0.4, -0.2) is 54.7 Å². The average molecular weight is 425 g/mol. The van der Waals surface area contributed by atoms with E-state index in [4.69, 9.17) is 9.72 Å². The third-order valence-corrected chi connectivity index (χ3v) is 5.82. The van der Waals surface area contributed by atoms with E-state index in [0.717, 1.165) is 43.3 Å². The summed E-state index contributed by atoms with van der Waals surface area (Å²) in [5, 5.41) is 3.00. The van der Waals surface area contributed by atoms with Crippen molar-refractivity contribution in [2.45, 2.75) is 31.7 Å². The van der Waals surface area contributed by atoms with E-state index in [1.165, 1.54) is 19.2 Å². The molecule has 6 nitrogen and oxygen atoms in total. The molecule has 164 valence electrons. The molecule has 1 saturated carbocycles. The van der Waals surface area contributed by atoms with Crippen LogP contribution in [0.4, 0.5) is 4.39 Å². The lowest BCUT2D eigenvalue weighted by Crippen LogP contribution is -2.27. The van der Waals surface area contributed by atoms with E-state index in [2.05, 4.69) is 14.8 Å². The van der Waals surface area contributed by atoms with Crippen molar-refractivity contribution in [3.63, 3.8) is 0 Å². The number of nitrogens with zero attached hydrogens (tertiary/aromatic N) is 3. The second-order valence-corrected chi connectivity index (χ2v) is 8.39. The van der Waals surface area contributed by atoms with E-state index in [-0.39, 0.29) is 11.7 Å². The SMILES string of the molecule is COc1cc(F)cc(-c2nc3ccc(C(=O)NCCCN(C)C)cc3n2C2CCC2)c1. The molecule has 0 spiro atoms. The molecule has 1 aliphatic rings. The Hall–Kier alpha value is -2.93. The van der Waals surface area contributed by atoms with Crippen LogP contribution in [0.25, 0.3) is 22.4 Å². The number of carbonyl (C=O) groups is 1. The van der Waals surface area contributed by atoms with Gasteiger partial charge in [-0.05, 0) is 76.7 Å². The van der Waals surface area contributed by atoms with Gasteiger partial charge in [-0.2, -0.15) is 0 Å². The quantitative estimate of drug-likeness (QED) is 0.549. The van der Waals surface area contributed by atoms with Crippen LogP contribution in [-0.2, 0) is 0 Å². The van der Waals surface area contributed by atoms with E-state index in [9.17, 15) is 9.18 Å². The first-order valence-corrected chi connectivity index (χ1v) is 10.8. The Bertz CT molecular complexity index is 1090. The molecule has 0 bridgehead atoms. The number of nitrogens with one attached hydrogen (secondary N) is 1. The molecule has 1 aliphatic carbocycles. The lowest BCUT2D eigenvalue weighted by molar-refractivity contribution is 0.0952. The van der Waals surface area contributed by atoms with Gasteiger partial charge in [0.05, 0.1) is 18.1 Å². The third kappa shape index (κ3) is 4.56. The Morgan fingerprint density at radius 1 is 1.26 bits per heavy atom. The maximum absolute atomic E-state index is 14.2. The van der Waals surface area contributed by atoms with Crippen LogP contribution in [0, 0.1) is 5.82 Å². The van der Waals surface area contributed by atoms with E-state index in [0.29, 0.717) is 35.3 Å². The molecule has 1 heterocycles. The molecular formula is C24H29FN4O2. The molecule has 31 heavy (non-hydrogen) atoms. The highest BCUT2D eigenvalue weighted by atomic mass is 19.1. The highest BCUT2D eigenvalue weighted by molar-refractivity contribution is 5.98. The van der Waals surface area contributed by atoms with Crippen molar-refractivity contribution >= 4 is 16.9 Å². The number of ether oxygens (including phenoxy) is 1. The zero-order valence-electron chi connectivity index (χ0n) is 18.3. The normalized spacial score (nSPS) is 14.1. The molecule has 7 heteroatoms. The van der Waals surface area contributed by atoms with Crippen LogP contribution in [0.1, 0.15) is 42.1 Å². The lowest BCUT2D eigenvalue weighted by atomic mass is 9.92. The summed E-state index contributed by atoms with van der Waals surface area (Å²) in [4.78, 5) is 19.6. The fourth-order valence-electron chi connectivity index (χ4n) is 3.96. The Balaban J connectivity index is 1.69. The van der Waals surface area contributed by atoms with Gasteiger partial charge in [-0.15, -0.1) is 0 Å². The molecule has 1 fully saturated rings. The molecule has 0 radical (unpaired) electrons. The Labute approximate surface area is 182 Å². The summed E-state index contributed by atoms with van der Waals surface area (Å²) < 4.78 is 21.6. The maximum atomic E-state index is 14.2. The highest BCUT2D eigenvalue weighted by Gasteiger charge is 2.26. The van der Waals surface area contributed by atoms with Crippen molar-refractivity contribution in [3.05, 3.63) is 47.8 Å². The number of hydrogen-bond acceptors (Lipinski definition) is 4. The highest BCUT2D eigenvalue weighted by Crippen LogP contribution is 2.39. The minimum atomic E-state index is -0.362. The molecule has 3 aromatic rings. The van der Waals surface area contributed by atoms with Crippen LogP contribution in [0.2, 0.25) is 0 Å². The third-order valence-electron chi connectivity index (χ3n) is 5.82. The van der Waals surface area contributed by atoms with Crippen LogP contribution in [0.3, 0.4) is 0 Å². The number of imidazole rings is 1. The number of amides is 1. The zero-order valence-corrected chi connectivity index (χ0v) is 18.3. The molecule has 1 N–H and O–H groups in total. The summed E-state index contributed by atoms with van der Waals surface area (Å²) in [5.74, 6) is 0.719. The van der Waals surface area contributed by atoms with Crippen LogP contribution in [0.5, 0.6) is 5.75 Å². The lowest BCUT2D eigenvalue weighted by Gasteiger charge is -2.29. The van der Waals surface area contributed by atoms with E-state index >= 15 is 0 Å². The molecule has 1 aromatic heterocycles. The summed E-state index contributed by atoms with van der Waals surface area (Å²) in [7, 11) is 5.56. The first-order valence-electron chi connectivity index (χ1n) is 10.8. The van der Waals surface area contributed by atoms with Crippen molar-refractivity contribution in [1.29, 1.82) is 0 Å².